The first kappa shape index (κ1) is 12.7. The average Bonchev–Trinajstić information content (AvgIpc) is 2.54. The van der Waals surface area contributed by atoms with Crippen LogP contribution in [0.4, 0.5) is 5.82 Å². The van der Waals surface area contributed by atoms with Gasteiger partial charge >= 0.3 is 0 Å². The molecule has 4 nitrogen and oxygen atoms in total. The summed E-state index contributed by atoms with van der Waals surface area (Å²) in [6, 6.07) is 12.3. The van der Waals surface area contributed by atoms with Gasteiger partial charge in [-0.1, -0.05) is 24.3 Å². The zero-order chi connectivity index (χ0) is 13.9. The summed E-state index contributed by atoms with van der Waals surface area (Å²) in [6.45, 7) is 1.84. The number of carbonyl (C=O) groups is 1. The van der Waals surface area contributed by atoms with Crippen molar-refractivity contribution >= 4 is 11.7 Å². The second-order valence-electron chi connectivity index (χ2n) is 4.92. The Kier molecular flexibility index (Phi) is 3.37. The lowest BCUT2D eigenvalue weighted by molar-refractivity contribution is 0.0963. The second-order valence-corrected chi connectivity index (χ2v) is 4.92. The number of anilines is 1. The molecule has 0 aliphatic carbocycles. The number of fused-ring (bicyclic) bond motifs is 1. The first-order valence-corrected chi connectivity index (χ1v) is 6.78. The van der Waals surface area contributed by atoms with E-state index in [2.05, 4.69) is 39.5 Å². The number of nitrogens with one attached hydrogen (secondary N) is 1. The van der Waals surface area contributed by atoms with Crippen LogP contribution in [0.5, 0.6) is 0 Å². The molecular weight excluding hydrogens is 250 g/mol. The minimum absolute atomic E-state index is 0.104. The van der Waals surface area contributed by atoms with Crippen molar-refractivity contribution in [2.75, 3.05) is 18.5 Å². The maximum atomic E-state index is 11.5. The van der Waals surface area contributed by atoms with Crippen molar-refractivity contribution in [1.29, 1.82) is 0 Å². The van der Waals surface area contributed by atoms with Crippen LogP contribution >= 0.6 is 0 Å². The van der Waals surface area contributed by atoms with Crippen LogP contribution in [0, 0.1) is 0 Å². The maximum Gasteiger partial charge on any atom is 0.252 e. The molecule has 0 bridgehead atoms. The van der Waals surface area contributed by atoms with E-state index in [9.17, 15) is 4.79 Å². The van der Waals surface area contributed by atoms with E-state index in [0.29, 0.717) is 5.56 Å². The summed E-state index contributed by atoms with van der Waals surface area (Å²) >= 11 is 0. The van der Waals surface area contributed by atoms with Crippen LogP contribution in [0.1, 0.15) is 21.5 Å². The van der Waals surface area contributed by atoms with E-state index in [1.807, 2.05) is 12.1 Å². The predicted octanol–water partition coefficient (Wildman–Crippen LogP) is 2.00. The van der Waals surface area contributed by atoms with Crippen molar-refractivity contribution in [1.82, 2.24) is 10.3 Å². The number of nitrogens with zero attached hydrogens (tertiary/aromatic N) is 2. The summed E-state index contributed by atoms with van der Waals surface area (Å²) < 4.78 is 0. The lowest BCUT2D eigenvalue weighted by Crippen LogP contribution is -2.31. The highest BCUT2D eigenvalue weighted by Crippen LogP contribution is 2.22. The second kappa shape index (κ2) is 5.33. The molecule has 0 saturated heterocycles. The van der Waals surface area contributed by atoms with Gasteiger partial charge in [0.05, 0.1) is 5.56 Å². The van der Waals surface area contributed by atoms with Crippen LogP contribution in [-0.4, -0.2) is 24.5 Å². The molecule has 20 heavy (non-hydrogen) atoms. The van der Waals surface area contributed by atoms with Crippen LogP contribution in [-0.2, 0) is 13.0 Å². The van der Waals surface area contributed by atoms with Gasteiger partial charge in [-0.3, -0.25) is 4.79 Å². The molecular formula is C16H17N3O. The number of amides is 1. The Morgan fingerprint density at radius 1 is 1.20 bits per heavy atom. The Morgan fingerprint density at radius 2 is 2.00 bits per heavy atom. The molecule has 1 N–H and O–H groups in total. The Morgan fingerprint density at radius 3 is 2.70 bits per heavy atom. The van der Waals surface area contributed by atoms with E-state index in [4.69, 9.17) is 0 Å². The fraction of sp³-hybridized carbons (Fsp3) is 0.250. The number of rotatable bonds is 2. The molecule has 0 fully saturated rings. The highest BCUT2D eigenvalue weighted by atomic mass is 16.1. The lowest BCUT2D eigenvalue weighted by Gasteiger charge is -2.29. The first-order valence-electron chi connectivity index (χ1n) is 6.78. The third-order valence-corrected chi connectivity index (χ3v) is 3.69. The van der Waals surface area contributed by atoms with Gasteiger partial charge in [-0.2, -0.15) is 0 Å². The fourth-order valence-electron chi connectivity index (χ4n) is 2.54. The minimum atomic E-state index is -0.104. The molecule has 1 aromatic carbocycles. The maximum absolute atomic E-state index is 11.5. The summed E-state index contributed by atoms with van der Waals surface area (Å²) in [7, 11) is 1.62. The average molecular weight is 267 g/mol. The highest BCUT2D eigenvalue weighted by molar-refractivity contribution is 5.93. The van der Waals surface area contributed by atoms with E-state index in [0.717, 1.165) is 25.3 Å². The number of carbonyl (C=O) groups excluding carboxylic acids is 1. The molecule has 102 valence electrons. The molecule has 2 aromatic rings. The zero-order valence-electron chi connectivity index (χ0n) is 11.5. The molecule has 1 amide bonds. The van der Waals surface area contributed by atoms with Crippen LogP contribution in [0.25, 0.3) is 0 Å². The third-order valence-electron chi connectivity index (χ3n) is 3.69. The lowest BCUT2D eigenvalue weighted by atomic mass is 10.00. The van der Waals surface area contributed by atoms with E-state index in [-0.39, 0.29) is 5.91 Å². The van der Waals surface area contributed by atoms with Gasteiger partial charge in [0, 0.05) is 26.3 Å². The van der Waals surface area contributed by atoms with E-state index in [1.165, 1.54) is 11.1 Å². The normalized spacial score (nSPS) is 13.8. The van der Waals surface area contributed by atoms with Crippen molar-refractivity contribution in [3.63, 3.8) is 0 Å². The molecule has 3 rings (SSSR count). The van der Waals surface area contributed by atoms with Gasteiger partial charge in [-0.15, -0.1) is 0 Å². The first-order chi connectivity index (χ1) is 9.78. The number of hydrogen-bond acceptors (Lipinski definition) is 3. The van der Waals surface area contributed by atoms with Crippen LogP contribution in [0.2, 0.25) is 0 Å². The SMILES string of the molecule is CNC(=O)c1ccc(N2CCc3ccccc3C2)nc1. The number of aromatic nitrogens is 1. The predicted molar refractivity (Wildman–Crippen MR) is 78.8 cm³/mol. The summed E-state index contributed by atoms with van der Waals surface area (Å²) in [5, 5.41) is 2.60. The van der Waals surface area contributed by atoms with E-state index >= 15 is 0 Å². The van der Waals surface area contributed by atoms with Crippen LogP contribution in [0.15, 0.2) is 42.6 Å². The number of benzene rings is 1. The third kappa shape index (κ3) is 2.37. The monoisotopic (exact) mass is 267 g/mol. The van der Waals surface area contributed by atoms with Gasteiger partial charge in [-0.25, -0.2) is 4.98 Å². The van der Waals surface area contributed by atoms with E-state index in [1.54, 1.807) is 13.2 Å². The summed E-state index contributed by atoms with van der Waals surface area (Å²) in [5.74, 6) is 0.820. The van der Waals surface area contributed by atoms with Gasteiger partial charge in [-0.05, 0) is 29.7 Å². The number of hydrogen-bond donors (Lipinski definition) is 1. The molecule has 1 aromatic heterocycles. The Balaban J connectivity index is 1.79. The smallest absolute Gasteiger partial charge is 0.252 e. The van der Waals surface area contributed by atoms with Crippen molar-refractivity contribution < 1.29 is 4.79 Å². The fourth-order valence-corrected chi connectivity index (χ4v) is 2.54. The quantitative estimate of drug-likeness (QED) is 0.905. The Labute approximate surface area is 118 Å². The van der Waals surface area contributed by atoms with Crippen molar-refractivity contribution in [3.8, 4) is 0 Å². The molecule has 0 radical (unpaired) electrons. The van der Waals surface area contributed by atoms with Crippen molar-refractivity contribution in [3.05, 3.63) is 59.3 Å². The van der Waals surface area contributed by atoms with Gasteiger partial charge < -0.3 is 10.2 Å². The zero-order valence-corrected chi connectivity index (χ0v) is 11.5. The Bertz CT molecular complexity index is 622. The summed E-state index contributed by atoms with van der Waals surface area (Å²) in [4.78, 5) is 18.2. The standard InChI is InChI=1S/C16H17N3O/c1-17-16(20)13-6-7-15(18-10-13)19-9-8-12-4-2-3-5-14(12)11-19/h2-7,10H,8-9,11H2,1H3,(H,17,20). The molecule has 0 unspecified atom stereocenters. The molecule has 0 saturated carbocycles. The van der Waals surface area contributed by atoms with Gasteiger partial charge in [0.15, 0.2) is 0 Å². The van der Waals surface area contributed by atoms with Crippen LogP contribution in [0.3, 0.4) is 0 Å². The van der Waals surface area contributed by atoms with E-state index < -0.39 is 0 Å². The Hall–Kier alpha value is -2.36. The molecule has 2 heterocycles. The van der Waals surface area contributed by atoms with Gasteiger partial charge in [0.1, 0.15) is 5.82 Å². The topological polar surface area (TPSA) is 45.2 Å². The van der Waals surface area contributed by atoms with Crippen molar-refractivity contribution in [2.24, 2.45) is 0 Å². The number of pyridine rings is 1. The molecule has 4 heteroatoms. The van der Waals surface area contributed by atoms with Crippen molar-refractivity contribution in [2.45, 2.75) is 13.0 Å². The largest absolute Gasteiger partial charge is 0.355 e. The molecule has 1 aliphatic rings. The molecule has 1 aliphatic heterocycles. The van der Waals surface area contributed by atoms with Gasteiger partial charge in [0.2, 0.25) is 0 Å². The summed E-state index contributed by atoms with van der Waals surface area (Å²) in [5.41, 5.74) is 3.37. The highest BCUT2D eigenvalue weighted by Gasteiger charge is 2.17. The summed E-state index contributed by atoms with van der Waals surface area (Å²) in [6.07, 6.45) is 2.67. The molecule has 0 atom stereocenters. The van der Waals surface area contributed by atoms with Gasteiger partial charge in [0.25, 0.3) is 5.91 Å². The molecule has 0 spiro atoms. The van der Waals surface area contributed by atoms with Crippen LogP contribution < -0.4 is 10.2 Å². The minimum Gasteiger partial charge on any atom is -0.355 e.